The molecular weight excluding hydrogens is 350 g/mol. The molecule has 1 aliphatic heterocycles. The SMILES string of the molecule is CS(=O)(=O)c1ccc(Cl)c(C(=O)Nc2cccc3c2OCCC3)c1. The molecule has 5 nitrogen and oxygen atoms in total. The van der Waals surface area contributed by atoms with Gasteiger partial charge in [-0.2, -0.15) is 0 Å². The predicted molar refractivity (Wildman–Crippen MR) is 92.8 cm³/mol. The number of anilines is 1. The highest BCUT2D eigenvalue weighted by Crippen LogP contribution is 2.33. The normalized spacial score (nSPS) is 13.8. The quantitative estimate of drug-likeness (QED) is 0.905. The van der Waals surface area contributed by atoms with Crippen LogP contribution in [-0.2, 0) is 16.3 Å². The van der Waals surface area contributed by atoms with Crippen LogP contribution in [0.3, 0.4) is 0 Å². The highest BCUT2D eigenvalue weighted by Gasteiger charge is 2.19. The third kappa shape index (κ3) is 3.39. The van der Waals surface area contributed by atoms with Crippen molar-refractivity contribution in [1.82, 2.24) is 0 Å². The smallest absolute Gasteiger partial charge is 0.257 e. The molecule has 0 bridgehead atoms. The van der Waals surface area contributed by atoms with Crippen molar-refractivity contribution in [2.24, 2.45) is 0 Å². The number of aryl methyl sites for hydroxylation is 1. The molecule has 7 heteroatoms. The molecule has 0 spiro atoms. The summed E-state index contributed by atoms with van der Waals surface area (Å²) in [6, 6.07) is 9.62. The van der Waals surface area contributed by atoms with Gasteiger partial charge < -0.3 is 10.1 Å². The van der Waals surface area contributed by atoms with Crippen LogP contribution in [0, 0.1) is 0 Å². The molecule has 0 radical (unpaired) electrons. The average molecular weight is 366 g/mol. The minimum atomic E-state index is -3.43. The Morgan fingerprint density at radius 1 is 1.25 bits per heavy atom. The van der Waals surface area contributed by atoms with Gasteiger partial charge in [0.15, 0.2) is 9.84 Å². The Labute approximate surface area is 145 Å². The maximum Gasteiger partial charge on any atom is 0.257 e. The van der Waals surface area contributed by atoms with E-state index in [1.807, 2.05) is 12.1 Å². The van der Waals surface area contributed by atoms with Crippen LogP contribution in [-0.4, -0.2) is 27.2 Å². The number of carbonyl (C=O) groups is 1. The van der Waals surface area contributed by atoms with Gasteiger partial charge in [0.1, 0.15) is 5.75 Å². The van der Waals surface area contributed by atoms with E-state index in [2.05, 4.69) is 5.32 Å². The van der Waals surface area contributed by atoms with Crippen molar-refractivity contribution in [2.75, 3.05) is 18.2 Å². The van der Waals surface area contributed by atoms with Crippen LogP contribution in [0.2, 0.25) is 5.02 Å². The Bertz CT molecular complexity index is 909. The van der Waals surface area contributed by atoms with Crippen LogP contribution >= 0.6 is 11.6 Å². The molecule has 0 aliphatic carbocycles. The van der Waals surface area contributed by atoms with E-state index in [4.69, 9.17) is 16.3 Å². The number of benzene rings is 2. The van der Waals surface area contributed by atoms with Gasteiger partial charge in [0, 0.05) is 6.26 Å². The van der Waals surface area contributed by atoms with Gasteiger partial charge >= 0.3 is 0 Å². The molecule has 1 heterocycles. The number of rotatable bonds is 3. The molecule has 0 aromatic heterocycles. The molecule has 1 N–H and O–H groups in total. The number of amides is 1. The summed E-state index contributed by atoms with van der Waals surface area (Å²) in [6.07, 6.45) is 2.91. The van der Waals surface area contributed by atoms with E-state index in [-0.39, 0.29) is 15.5 Å². The van der Waals surface area contributed by atoms with Crippen LogP contribution in [0.5, 0.6) is 5.75 Å². The Hall–Kier alpha value is -2.05. The van der Waals surface area contributed by atoms with Crippen molar-refractivity contribution in [2.45, 2.75) is 17.7 Å². The van der Waals surface area contributed by atoms with Crippen LogP contribution < -0.4 is 10.1 Å². The fourth-order valence-corrected chi connectivity index (χ4v) is 3.44. The van der Waals surface area contributed by atoms with E-state index in [9.17, 15) is 13.2 Å². The van der Waals surface area contributed by atoms with Gasteiger partial charge in [-0.05, 0) is 42.7 Å². The molecule has 0 unspecified atom stereocenters. The first kappa shape index (κ1) is 16.8. The molecule has 126 valence electrons. The zero-order valence-corrected chi connectivity index (χ0v) is 14.6. The Morgan fingerprint density at radius 2 is 2.04 bits per heavy atom. The third-order valence-electron chi connectivity index (χ3n) is 3.79. The van der Waals surface area contributed by atoms with Gasteiger partial charge in [-0.25, -0.2) is 8.42 Å². The molecule has 1 amide bonds. The Balaban J connectivity index is 1.94. The molecule has 1 aliphatic rings. The fourth-order valence-electron chi connectivity index (χ4n) is 2.59. The number of para-hydroxylation sites is 1. The number of fused-ring (bicyclic) bond motifs is 1. The molecule has 3 rings (SSSR count). The number of carbonyl (C=O) groups excluding carboxylic acids is 1. The molecule has 0 saturated carbocycles. The summed E-state index contributed by atoms with van der Waals surface area (Å²) in [5.74, 6) is 0.181. The largest absolute Gasteiger partial charge is 0.491 e. The summed E-state index contributed by atoms with van der Waals surface area (Å²) >= 11 is 6.06. The lowest BCUT2D eigenvalue weighted by molar-refractivity contribution is 0.102. The Morgan fingerprint density at radius 3 is 2.79 bits per heavy atom. The van der Waals surface area contributed by atoms with Gasteiger partial charge in [-0.3, -0.25) is 4.79 Å². The van der Waals surface area contributed by atoms with Gasteiger partial charge in [-0.1, -0.05) is 23.7 Å². The van der Waals surface area contributed by atoms with Crippen molar-refractivity contribution in [1.29, 1.82) is 0 Å². The van der Waals surface area contributed by atoms with E-state index in [1.54, 1.807) is 6.07 Å². The first-order valence-electron chi connectivity index (χ1n) is 7.42. The van der Waals surface area contributed by atoms with E-state index in [0.29, 0.717) is 18.0 Å². The molecule has 0 atom stereocenters. The lowest BCUT2D eigenvalue weighted by atomic mass is 10.1. The van der Waals surface area contributed by atoms with Crippen molar-refractivity contribution in [3.05, 3.63) is 52.5 Å². The minimum Gasteiger partial charge on any atom is -0.491 e. The average Bonchev–Trinajstić information content (AvgIpc) is 2.54. The van der Waals surface area contributed by atoms with E-state index < -0.39 is 15.7 Å². The Kier molecular flexibility index (Phi) is 4.51. The van der Waals surface area contributed by atoms with E-state index in [1.165, 1.54) is 18.2 Å². The maximum absolute atomic E-state index is 12.6. The summed E-state index contributed by atoms with van der Waals surface area (Å²) in [6.45, 7) is 0.601. The van der Waals surface area contributed by atoms with Crippen LogP contribution in [0.15, 0.2) is 41.3 Å². The zero-order valence-electron chi connectivity index (χ0n) is 13.0. The van der Waals surface area contributed by atoms with Crippen LogP contribution in [0.25, 0.3) is 0 Å². The molecular formula is C17H16ClNO4S. The second-order valence-corrected chi connectivity index (χ2v) is 8.04. The monoisotopic (exact) mass is 365 g/mol. The van der Waals surface area contributed by atoms with E-state index >= 15 is 0 Å². The number of nitrogens with one attached hydrogen (secondary N) is 1. The number of hydrogen-bond acceptors (Lipinski definition) is 4. The standard InChI is InChI=1S/C17H16ClNO4S/c1-24(21,22)12-7-8-14(18)13(10-12)17(20)19-15-6-2-4-11-5-3-9-23-16(11)15/h2,4,6-8,10H,3,5,9H2,1H3,(H,19,20). The molecule has 2 aromatic carbocycles. The molecule has 2 aromatic rings. The second-order valence-electron chi connectivity index (χ2n) is 5.61. The maximum atomic E-state index is 12.6. The molecule has 24 heavy (non-hydrogen) atoms. The van der Waals surface area contributed by atoms with Crippen molar-refractivity contribution < 1.29 is 17.9 Å². The lowest BCUT2D eigenvalue weighted by Crippen LogP contribution is -2.16. The first-order chi connectivity index (χ1) is 11.4. The topological polar surface area (TPSA) is 72.5 Å². The summed E-state index contributed by atoms with van der Waals surface area (Å²) < 4.78 is 29.0. The van der Waals surface area contributed by atoms with Gasteiger partial charge in [0.2, 0.25) is 0 Å². The van der Waals surface area contributed by atoms with Crippen LogP contribution in [0.4, 0.5) is 5.69 Å². The van der Waals surface area contributed by atoms with Gasteiger partial charge in [-0.15, -0.1) is 0 Å². The summed E-state index contributed by atoms with van der Waals surface area (Å²) in [5, 5.41) is 2.95. The second kappa shape index (κ2) is 6.45. The van der Waals surface area contributed by atoms with Crippen molar-refractivity contribution in [3.63, 3.8) is 0 Å². The number of halogens is 1. The summed E-state index contributed by atoms with van der Waals surface area (Å²) in [5.41, 5.74) is 1.70. The first-order valence-corrected chi connectivity index (χ1v) is 9.69. The number of hydrogen-bond donors (Lipinski definition) is 1. The van der Waals surface area contributed by atoms with E-state index in [0.717, 1.165) is 24.7 Å². The summed E-state index contributed by atoms with van der Waals surface area (Å²) in [4.78, 5) is 12.6. The lowest BCUT2D eigenvalue weighted by Gasteiger charge is -2.20. The summed E-state index contributed by atoms with van der Waals surface area (Å²) in [7, 11) is -3.43. The van der Waals surface area contributed by atoms with Crippen LogP contribution in [0.1, 0.15) is 22.3 Å². The minimum absolute atomic E-state index is 0.0448. The van der Waals surface area contributed by atoms with Gasteiger partial charge in [0.25, 0.3) is 5.91 Å². The third-order valence-corrected chi connectivity index (χ3v) is 5.23. The number of ether oxygens (including phenoxy) is 1. The highest BCUT2D eigenvalue weighted by molar-refractivity contribution is 7.90. The van der Waals surface area contributed by atoms with Crippen molar-refractivity contribution >= 4 is 33.0 Å². The number of sulfone groups is 1. The highest BCUT2D eigenvalue weighted by atomic mass is 35.5. The predicted octanol–water partition coefficient (Wildman–Crippen LogP) is 3.32. The molecule has 0 saturated heterocycles. The zero-order chi connectivity index (χ0) is 17.3. The molecule has 0 fully saturated rings. The van der Waals surface area contributed by atoms with Gasteiger partial charge in [0.05, 0.1) is 27.8 Å². The van der Waals surface area contributed by atoms with Crippen molar-refractivity contribution in [3.8, 4) is 5.75 Å². The fraction of sp³-hybridized carbons (Fsp3) is 0.235.